The van der Waals surface area contributed by atoms with Gasteiger partial charge in [0, 0.05) is 18.7 Å². The quantitative estimate of drug-likeness (QED) is 0.563. The molecular formula is C13H14FNO. The number of carbonyl (C=O) groups excluding carboxylic acids is 1. The molecule has 0 unspecified atom stereocenters. The summed E-state index contributed by atoms with van der Waals surface area (Å²) in [5.41, 5.74) is 2.31. The van der Waals surface area contributed by atoms with Gasteiger partial charge in [0.1, 0.15) is 12.1 Å². The normalized spacial score (nSPS) is 15.9. The van der Waals surface area contributed by atoms with E-state index in [9.17, 15) is 9.18 Å². The number of benzene rings is 1. The lowest BCUT2D eigenvalue weighted by Crippen LogP contribution is -2.28. The predicted molar refractivity (Wildman–Crippen MR) is 62.4 cm³/mol. The number of carbonyl (C=O) groups is 1. The Bertz CT molecular complexity index is 440. The highest BCUT2D eigenvalue weighted by molar-refractivity contribution is 5.76. The Kier molecular flexibility index (Phi) is 3.04. The SMILES string of the molecule is CC1=CCN(c2ccc(C=O)cc2F)CC1. The molecule has 1 aliphatic rings. The third kappa shape index (κ3) is 2.13. The van der Waals surface area contributed by atoms with Crippen LogP contribution in [0.5, 0.6) is 0 Å². The molecule has 0 bridgehead atoms. The summed E-state index contributed by atoms with van der Waals surface area (Å²) in [6.07, 6.45) is 3.73. The van der Waals surface area contributed by atoms with Gasteiger partial charge in [0.15, 0.2) is 0 Å². The van der Waals surface area contributed by atoms with Crippen LogP contribution in [0.1, 0.15) is 23.7 Å². The van der Waals surface area contributed by atoms with Crippen LogP contribution in [-0.4, -0.2) is 19.4 Å². The molecule has 16 heavy (non-hydrogen) atoms. The minimum absolute atomic E-state index is 0.322. The summed E-state index contributed by atoms with van der Waals surface area (Å²) in [5, 5.41) is 0. The van der Waals surface area contributed by atoms with Gasteiger partial charge in [-0.1, -0.05) is 11.6 Å². The highest BCUT2D eigenvalue weighted by Gasteiger charge is 2.14. The molecule has 2 rings (SSSR count). The van der Waals surface area contributed by atoms with Gasteiger partial charge < -0.3 is 4.90 Å². The fourth-order valence-corrected chi connectivity index (χ4v) is 1.84. The molecule has 0 atom stereocenters. The fourth-order valence-electron chi connectivity index (χ4n) is 1.84. The van der Waals surface area contributed by atoms with Gasteiger partial charge in [-0.25, -0.2) is 4.39 Å². The summed E-state index contributed by atoms with van der Waals surface area (Å²) in [6.45, 7) is 3.66. The average molecular weight is 219 g/mol. The second kappa shape index (κ2) is 4.47. The van der Waals surface area contributed by atoms with E-state index in [1.165, 1.54) is 11.6 Å². The molecule has 0 aromatic heterocycles. The zero-order valence-electron chi connectivity index (χ0n) is 9.24. The van der Waals surface area contributed by atoms with Gasteiger partial charge in [-0.05, 0) is 31.5 Å². The number of hydrogen-bond donors (Lipinski definition) is 0. The van der Waals surface area contributed by atoms with Crippen LogP contribution in [0, 0.1) is 5.82 Å². The third-order valence-corrected chi connectivity index (χ3v) is 2.88. The first-order valence-electron chi connectivity index (χ1n) is 5.36. The summed E-state index contributed by atoms with van der Waals surface area (Å²) >= 11 is 0. The summed E-state index contributed by atoms with van der Waals surface area (Å²) < 4.78 is 13.7. The zero-order valence-corrected chi connectivity index (χ0v) is 9.24. The monoisotopic (exact) mass is 219 g/mol. The maximum Gasteiger partial charge on any atom is 0.150 e. The second-order valence-electron chi connectivity index (χ2n) is 4.08. The van der Waals surface area contributed by atoms with Crippen LogP contribution in [0.4, 0.5) is 10.1 Å². The Morgan fingerprint density at radius 2 is 2.25 bits per heavy atom. The van der Waals surface area contributed by atoms with E-state index < -0.39 is 0 Å². The number of halogens is 1. The zero-order chi connectivity index (χ0) is 11.5. The summed E-state index contributed by atoms with van der Waals surface area (Å²) in [7, 11) is 0. The minimum atomic E-state index is -0.322. The molecule has 0 fully saturated rings. The summed E-state index contributed by atoms with van der Waals surface area (Å²) in [5.74, 6) is -0.322. The van der Waals surface area contributed by atoms with Gasteiger partial charge in [0.2, 0.25) is 0 Å². The molecule has 0 saturated heterocycles. The van der Waals surface area contributed by atoms with E-state index in [0.29, 0.717) is 17.5 Å². The molecule has 1 heterocycles. The predicted octanol–water partition coefficient (Wildman–Crippen LogP) is 2.79. The average Bonchev–Trinajstić information content (AvgIpc) is 2.30. The molecule has 0 aliphatic carbocycles. The van der Waals surface area contributed by atoms with E-state index >= 15 is 0 Å². The van der Waals surface area contributed by atoms with Crippen molar-refractivity contribution >= 4 is 12.0 Å². The highest BCUT2D eigenvalue weighted by atomic mass is 19.1. The van der Waals surface area contributed by atoms with Crippen LogP contribution in [0.3, 0.4) is 0 Å². The Morgan fingerprint density at radius 3 is 2.81 bits per heavy atom. The van der Waals surface area contributed by atoms with E-state index in [4.69, 9.17) is 0 Å². The van der Waals surface area contributed by atoms with Gasteiger partial charge in [0.25, 0.3) is 0 Å². The second-order valence-corrected chi connectivity index (χ2v) is 4.08. The molecular weight excluding hydrogens is 205 g/mol. The maximum atomic E-state index is 13.7. The highest BCUT2D eigenvalue weighted by Crippen LogP contribution is 2.23. The molecule has 0 N–H and O–H groups in total. The number of nitrogens with zero attached hydrogens (tertiary/aromatic N) is 1. The standard InChI is InChI=1S/C13H14FNO/c1-10-4-6-15(7-5-10)13-3-2-11(9-16)8-12(13)14/h2-4,8-9H,5-7H2,1H3. The third-order valence-electron chi connectivity index (χ3n) is 2.88. The molecule has 3 heteroatoms. The molecule has 0 radical (unpaired) electrons. The Morgan fingerprint density at radius 1 is 1.44 bits per heavy atom. The summed E-state index contributed by atoms with van der Waals surface area (Å²) in [6, 6.07) is 4.61. The number of anilines is 1. The molecule has 1 aromatic carbocycles. The lowest BCUT2D eigenvalue weighted by molar-refractivity contribution is 0.112. The van der Waals surface area contributed by atoms with Crippen LogP contribution < -0.4 is 4.90 Å². The van der Waals surface area contributed by atoms with Crippen molar-refractivity contribution in [2.24, 2.45) is 0 Å². The van der Waals surface area contributed by atoms with Crippen LogP contribution in [-0.2, 0) is 0 Å². The van der Waals surface area contributed by atoms with Gasteiger partial charge in [-0.15, -0.1) is 0 Å². The number of rotatable bonds is 2. The molecule has 0 saturated carbocycles. The molecule has 0 amide bonds. The van der Waals surface area contributed by atoms with Gasteiger partial charge >= 0.3 is 0 Å². The van der Waals surface area contributed by atoms with E-state index in [1.807, 2.05) is 4.90 Å². The van der Waals surface area contributed by atoms with Crippen molar-refractivity contribution < 1.29 is 9.18 Å². The van der Waals surface area contributed by atoms with Crippen molar-refractivity contribution in [3.8, 4) is 0 Å². The van der Waals surface area contributed by atoms with Gasteiger partial charge in [-0.2, -0.15) is 0 Å². The Hall–Kier alpha value is -1.64. The topological polar surface area (TPSA) is 20.3 Å². The largest absolute Gasteiger partial charge is 0.365 e. The molecule has 2 nitrogen and oxygen atoms in total. The molecule has 1 aliphatic heterocycles. The van der Waals surface area contributed by atoms with Crippen molar-refractivity contribution in [2.75, 3.05) is 18.0 Å². The Labute approximate surface area is 94.4 Å². The van der Waals surface area contributed by atoms with E-state index in [2.05, 4.69) is 13.0 Å². The first kappa shape index (κ1) is 10.9. The van der Waals surface area contributed by atoms with Crippen LogP contribution in [0.25, 0.3) is 0 Å². The maximum absolute atomic E-state index is 13.7. The molecule has 84 valence electrons. The number of aldehydes is 1. The van der Waals surface area contributed by atoms with E-state index in [1.54, 1.807) is 12.1 Å². The van der Waals surface area contributed by atoms with Crippen LogP contribution >= 0.6 is 0 Å². The van der Waals surface area contributed by atoms with Gasteiger partial charge in [-0.3, -0.25) is 4.79 Å². The minimum Gasteiger partial charge on any atom is -0.365 e. The lowest BCUT2D eigenvalue weighted by atomic mass is 10.1. The lowest BCUT2D eigenvalue weighted by Gasteiger charge is -2.27. The smallest absolute Gasteiger partial charge is 0.150 e. The van der Waals surface area contributed by atoms with E-state index in [-0.39, 0.29) is 5.82 Å². The Balaban J connectivity index is 2.24. The number of hydrogen-bond acceptors (Lipinski definition) is 2. The first-order valence-corrected chi connectivity index (χ1v) is 5.36. The fraction of sp³-hybridized carbons (Fsp3) is 0.308. The van der Waals surface area contributed by atoms with Crippen molar-refractivity contribution in [1.29, 1.82) is 0 Å². The van der Waals surface area contributed by atoms with Crippen molar-refractivity contribution in [2.45, 2.75) is 13.3 Å². The van der Waals surface area contributed by atoms with E-state index in [0.717, 1.165) is 19.5 Å². The van der Waals surface area contributed by atoms with Crippen molar-refractivity contribution in [1.82, 2.24) is 0 Å². The molecule has 1 aromatic rings. The summed E-state index contributed by atoms with van der Waals surface area (Å²) in [4.78, 5) is 12.5. The van der Waals surface area contributed by atoms with Crippen LogP contribution in [0.15, 0.2) is 29.8 Å². The van der Waals surface area contributed by atoms with Gasteiger partial charge in [0.05, 0.1) is 5.69 Å². The molecule has 0 spiro atoms. The van der Waals surface area contributed by atoms with Crippen molar-refractivity contribution in [3.63, 3.8) is 0 Å². The van der Waals surface area contributed by atoms with Crippen molar-refractivity contribution in [3.05, 3.63) is 41.2 Å². The van der Waals surface area contributed by atoms with Crippen LogP contribution in [0.2, 0.25) is 0 Å². The first-order chi connectivity index (χ1) is 7.70.